The molecule has 7 aromatic rings. The molecule has 0 spiro atoms. The smallest absolute Gasteiger partial charge is 0.271 e. The van der Waals surface area contributed by atoms with Crippen LogP contribution in [0.1, 0.15) is 24.1 Å². The maximum atomic E-state index is 14.7. The predicted octanol–water partition coefficient (Wildman–Crippen LogP) is 8.01. The second-order valence-corrected chi connectivity index (χ2v) is 13.4. The molecule has 0 aliphatic carbocycles. The van der Waals surface area contributed by atoms with E-state index in [1.807, 2.05) is 122 Å². The Balaban J connectivity index is 1.35. The van der Waals surface area contributed by atoms with E-state index in [2.05, 4.69) is 52.3 Å². The van der Waals surface area contributed by atoms with Gasteiger partial charge < -0.3 is 14.6 Å². The van der Waals surface area contributed by atoms with Crippen molar-refractivity contribution in [3.8, 4) is 34.0 Å². The van der Waals surface area contributed by atoms with E-state index >= 15 is 0 Å². The van der Waals surface area contributed by atoms with Gasteiger partial charge in [0.1, 0.15) is 5.75 Å². The summed E-state index contributed by atoms with van der Waals surface area (Å²) < 4.78 is 9.85. The molecule has 5 aromatic carbocycles. The highest BCUT2D eigenvalue weighted by atomic mass is 32.1. The van der Waals surface area contributed by atoms with Gasteiger partial charge in [-0.05, 0) is 72.2 Å². The average molecular weight is 699 g/mol. The summed E-state index contributed by atoms with van der Waals surface area (Å²) in [6.45, 7) is 1.83. The van der Waals surface area contributed by atoms with Gasteiger partial charge in [-0.1, -0.05) is 121 Å². The molecule has 0 unspecified atom stereocenters. The zero-order valence-corrected chi connectivity index (χ0v) is 29.4. The second-order valence-electron chi connectivity index (χ2n) is 12.4. The molecule has 8 heteroatoms. The molecule has 52 heavy (non-hydrogen) atoms. The minimum Gasteiger partial charge on any atom is -0.497 e. The number of allylic oxidation sites excluding steroid dienone is 1. The highest BCUT2D eigenvalue weighted by molar-refractivity contribution is 7.07. The first-order chi connectivity index (χ1) is 25.5. The number of nitrogens with zero attached hydrogens (tertiary/aromatic N) is 3. The van der Waals surface area contributed by atoms with Crippen LogP contribution in [0.25, 0.3) is 34.3 Å². The number of para-hydroxylation sites is 2. The topological polar surface area (TPSA) is 77.6 Å². The summed E-state index contributed by atoms with van der Waals surface area (Å²) in [5, 5.41) is 3.02. The molecule has 1 aliphatic rings. The van der Waals surface area contributed by atoms with Crippen molar-refractivity contribution in [2.24, 2.45) is 4.99 Å². The Bertz CT molecular complexity index is 2610. The monoisotopic (exact) mass is 698 g/mol. The molecule has 0 fully saturated rings. The largest absolute Gasteiger partial charge is 0.497 e. The SMILES string of the molecule is COc1ccc([C@@H]2C(C(=O)Nc3ccccc3)=C(C)N=c3s/c(=C/c4cc(-c5ccccc5)n(-c5ccccc5)c4-c4ccccc4)c(=O)n32)cc1. The summed E-state index contributed by atoms with van der Waals surface area (Å²) in [6, 6.07) is 49.0. The molecule has 0 radical (unpaired) electrons. The van der Waals surface area contributed by atoms with Crippen molar-refractivity contribution >= 4 is 29.0 Å². The number of fused-ring (bicyclic) bond motifs is 1. The lowest BCUT2D eigenvalue weighted by Crippen LogP contribution is -2.40. The van der Waals surface area contributed by atoms with Crippen LogP contribution in [0.4, 0.5) is 5.69 Å². The third-order valence-electron chi connectivity index (χ3n) is 9.18. The van der Waals surface area contributed by atoms with Gasteiger partial charge in [-0.3, -0.25) is 14.2 Å². The molecular weight excluding hydrogens is 665 g/mol. The molecular formula is C44H34N4O3S. The second kappa shape index (κ2) is 14.0. The van der Waals surface area contributed by atoms with Crippen molar-refractivity contribution < 1.29 is 9.53 Å². The maximum absolute atomic E-state index is 14.7. The lowest BCUT2D eigenvalue weighted by atomic mass is 9.95. The number of thiazole rings is 1. The fourth-order valence-electron chi connectivity index (χ4n) is 6.77. The van der Waals surface area contributed by atoms with Gasteiger partial charge in [-0.15, -0.1) is 0 Å². The number of carbonyl (C=O) groups is 1. The van der Waals surface area contributed by atoms with Crippen molar-refractivity contribution in [2.45, 2.75) is 13.0 Å². The Kier molecular flexibility index (Phi) is 8.81. The van der Waals surface area contributed by atoms with Gasteiger partial charge in [0.2, 0.25) is 0 Å². The highest BCUT2D eigenvalue weighted by Gasteiger charge is 2.33. The van der Waals surface area contributed by atoms with E-state index in [1.54, 1.807) is 11.7 Å². The number of carbonyl (C=O) groups excluding carboxylic acids is 1. The lowest BCUT2D eigenvalue weighted by Gasteiger charge is -2.25. The minimum atomic E-state index is -0.713. The molecule has 1 aliphatic heterocycles. The third kappa shape index (κ3) is 6.10. The molecule has 1 amide bonds. The number of aromatic nitrogens is 2. The van der Waals surface area contributed by atoms with Crippen molar-refractivity contribution in [1.29, 1.82) is 0 Å². The Morgan fingerprint density at radius 1 is 0.788 bits per heavy atom. The standard InChI is InChI=1S/C44H34N4O3S/c1-29-39(42(49)46-34-19-11-5-12-20-34)41(32-23-25-36(51-2)26-24-32)48-43(50)38(52-44(48)45-29)28-33-27-37(30-15-7-3-8-16-30)47(35-21-13-6-14-22-35)40(33)31-17-9-4-10-18-31/h3-28,41H,1-2H3,(H,46,49)/b38-28+/t41-/m1/s1. The number of nitrogens with one attached hydrogen (secondary N) is 1. The van der Waals surface area contributed by atoms with Crippen LogP contribution in [-0.4, -0.2) is 22.2 Å². The van der Waals surface area contributed by atoms with E-state index in [0.717, 1.165) is 39.3 Å². The van der Waals surface area contributed by atoms with Gasteiger partial charge in [0, 0.05) is 16.9 Å². The van der Waals surface area contributed by atoms with Crippen LogP contribution >= 0.6 is 11.3 Å². The van der Waals surface area contributed by atoms with E-state index in [0.29, 0.717) is 32.0 Å². The molecule has 0 bridgehead atoms. The average Bonchev–Trinajstić information content (AvgIpc) is 3.72. The molecule has 1 atom stereocenters. The number of anilines is 1. The maximum Gasteiger partial charge on any atom is 0.271 e. The summed E-state index contributed by atoms with van der Waals surface area (Å²) in [5.74, 6) is 0.360. The Labute approximate surface area is 304 Å². The fourth-order valence-corrected chi connectivity index (χ4v) is 7.81. The summed E-state index contributed by atoms with van der Waals surface area (Å²) in [4.78, 5) is 34.2. The number of benzene rings is 5. The summed E-state index contributed by atoms with van der Waals surface area (Å²) in [7, 11) is 1.61. The van der Waals surface area contributed by atoms with Crippen LogP contribution in [-0.2, 0) is 4.79 Å². The number of hydrogen-bond donors (Lipinski definition) is 1. The Morgan fingerprint density at radius 2 is 1.38 bits per heavy atom. The van der Waals surface area contributed by atoms with Gasteiger partial charge in [0.25, 0.3) is 11.5 Å². The van der Waals surface area contributed by atoms with E-state index in [1.165, 1.54) is 11.3 Å². The van der Waals surface area contributed by atoms with Crippen LogP contribution in [0.3, 0.4) is 0 Å². The van der Waals surface area contributed by atoms with E-state index in [4.69, 9.17) is 9.73 Å². The Hall–Kier alpha value is -6.51. The molecule has 0 saturated heterocycles. The third-order valence-corrected chi connectivity index (χ3v) is 10.2. The van der Waals surface area contributed by atoms with E-state index < -0.39 is 6.04 Å². The van der Waals surface area contributed by atoms with E-state index in [9.17, 15) is 9.59 Å². The summed E-state index contributed by atoms with van der Waals surface area (Å²) in [6.07, 6.45) is 1.96. The van der Waals surface area contributed by atoms with Crippen molar-refractivity contribution in [2.75, 3.05) is 12.4 Å². The quantitative estimate of drug-likeness (QED) is 0.175. The first-order valence-corrected chi connectivity index (χ1v) is 17.8. The van der Waals surface area contributed by atoms with Crippen molar-refractivity contribution in [3.05, 3.63) is 194 Å². The summed E-state index contributed by atoms with van der Waals surface area (Å²) >= 11 is 1.32. The van der Waals surface area contributed by atoms with Crippen LogP contribution in [0, 0.1) is 0 Å². The predicted molar refractivity (Wildman–Crippen MR) is 208 cm³/mol. The minimum absolute atomic E-state index is 0.227. The Morgan fingerprint density at radius 3 is 2.02 bits per heavy atom. The van der Waals surface area contributed by atoms with Crippen LogP contribution in [0.5, 0.6) is 5.75 Å². The van der Waals surface area contributed by atoms with Crippen molar-refractivity contribution in [1.82, 2.24) is 9.13 Å². The number of ether oxygens (including phenoxy) is 1. The van der Waals surface area contributed by atoms with Gasteiger partial charge >= 0.3 is 0 Å². The van der Waals surface area contributed by atoms with Gasteiger partial charge in [0.15, 0.2) is 4.80 Å². The zero-order chi connectivity index (χ0) is 35.6. The number of methoxy groups -OCH3 is 1. The number of amides is 1. The first-order valence-electron chi connectivity index (χ1n) is 16.9. The lowest BCUT2D eigenvalue weighted by molar-refractivity contribution is -0.113. The number of hydrogen-bond acceptors (Lipinski definition) is 5. The highest BCUT2D eigenvalue weighted by Crippen LogP contribution is 2.37. The fraction of sp³-hybridized carbons (Fsp3) is 0.0682. The molecule has 0 saturated carbocycles. The van der Waals surface area contributed by atoms with Crippen LogP contribution in [0.15, 0.2) is 173 Å². The summed E-state index contributed by atoms with van der Waals surface area (Å²) in [5.41, 5.74) is 8.07. The van der Waals surface area contributed by atoms with Gasteiger partial charge in [-0.25, -0.2) is 4.99 Å². The molecule has 3 heterocycles. The zero-order valence-electron chi connectivity index (χ0n) is 28.6. The van der Waals surface area contributed by atoms with E-state index in [-0.39, 0.29) is 11.5 Å². The normalized spacial score (nSPS) is 14.1. The molecule has 7 nitrogen and oxygen atoms in total. The molecule has 8 rings (SSSR count). The van der Waals surface area contributed by atoms with Crippen LogP contribution in [0.2, 0.25) is 0 Å². The van der Waals surface area contributed by atoms with Gasteiger partial charge in [-0.2, -0.15) is 0 Å². The number of rotatable bonds is 8. The van der Waals surface area contributed by atoms with Crippen LogP contribution < -0.4 is 24.9 Å². The van der Waals surface area contributed by atoms with Crippen molar-refractivity contribution in [3.63, 3.8) is 0 Å². The molecule has 2 aromatic heterocycles. The first kappa shape index (κ1) is 32.7. The van der Waals surface area contributed by atoms with Gasteiger partial charge in [0.05, 0.1) is 40.3 Å². The molecule has 1 N–H and O–H groups in total. The molecule has 254 valence electrons.